The molecule has 0 bridgehead atoms. The molecule has 1 saturated carbocycles. The normalized spacial score (nSPS) is 16.1. The lowest BCUT2D eigenvalue weighted by Gasteiger charge is -2.12. The van der Waals surface area contributed by atoms with Crippen molar-refractivity contribution >= 4 is 11.9 Å². The smallest absolute Gasteiger partial charge is 0.315 e. The second kappa shape index (κ2) is 6.27. The maximum absolute atomic E-state index is 11.3. The molecule has 3 amide bonds. The van der Waals surface area contributed by atoms with Crippen molar-refractivity contribution in [3.63, 3.8) is 0 Å². The number of hydrogen-bond acceptors (Lipinski definition) is 2. The van der Waals surface area contributed by atoms with Crippen LogP contribution in [0.3, 0.4) is 0 Å². The number of rotatable bonds is 4. The second-order valence-electron chi connectivity index (χ2n) is 3.76. The molecule has 1 fully saturated rings. The van der Waals surface area contributed by atoms with Gasteiger partial charge in [-0.05, 0) is 19.8 Å². The SMILES string of the molecule is CCNC(=O)CNC(=O)NC1CCCC1. The first-order chi connectivity index (χ1) is 7.22. The third kappa shape index (κ3) is 4.67. The van der Waals surface area contributed by atoms with Crippen molar-refractivity contribution in [2.24, 2.45) is 0 Å². The predicted molar refractivity (Wildman–Crippen MR) is 57.5 cm³/mol. The zero-order chi connectivity index (χ0) is 11.1. The first-order valence-electron chi connectivity index (χ1n) is 5.53. The molecule has 0 spiro atoms. The van der Waals surface area contributed by atoms with Gasteiger partial charge in [0.25, 0.3) is 0 Å². The Labute approximate surface area is 90.0 Å². The highest BCUT2D eigenvalue weighted by Gasteiger charge is 2.16. The van der Waals surface area contributed by atoms with Gasteiger partial charge < -0.3 is 16.0 Å². The van der Waals surface area contributed by atoms with Gasteiger partial charge in [-0.3, -0.25) is 4.79 Å². The van der Waals surface area contributed by atoms with Gasteiger partial charge in [0.05, 0.1) is 6.54 Å². The number of carbonyl (C=O) groups is 2. The van der Waals surface area contributed by atoms with E-state index in [1.165, 1.54) is 12.8 Å². The zero-order valence-electron chi connectivity index (χ0n) is 9.14. The molecule has 0 atom stereocenters. The van der Waals surface area contributed by atoms with Gasteiger partial charge in [-0.2, -0.15) is 0 Å². The molecule has 0 aromatic heterocycles. The molecule has 1 rings (SSSR count). The largest absolute Gasteiger partial charge is 0.355 e. The highest BCUT2D eigenvalue weighted by Crippen LogP contribution is 2.17. The predicted octanol–water partition coefficient (Wildman–Crippen LogP) is 0.364. The van der Waals surface area contributed by atoms with Crippen LogP contribution in [-0.4, -0.2) is 31.1 Å². The zero-order valence-corrected chi connectivity index (χ0v) is 9.14. The van der Waals surface area contributed by atoms with E-state index in [9.17, 15) is 9.59 Å². The van der Waals surface area contributed by atoms with Crippen LogP contribution in [0.1, 0.15) is 32.6 Å². The number of urea groups is 1. The quantitative estimate of drug-likeness (QED) is 0.631. The number of nitrogens with one attached hydrogen (secondary N) is 3. The van der Waals surface area contributed by atoms with Gasteiger partial charge in [0.2, 0.25) is 5.91 Å². The van der Waals surface area contributed by atoms with Crippen molar-refractivity contribution in [1.29, 1.82) is 0 Å². The molecule has 86 valence electrons. The average molecular weight is 213 g/mol. The molecule has 0 unspecified atom stereocenters. The molecule has 15 heavy (non-hydrogen) atoms. The Hall–Kier alpha value is -1.26. The van der Waals surface area contributed by atoms with Crippen molar-refractivity contribution in [2.75, 3.05) is 13.1 Å². The van der Waals surface area contributed by atoms with Crippen molar-refractivity contribution in [3.8, 4) is 0 Å². The van der Waals surface area contributed by atoms with Gasteiger partial charge in [-0.15, -0.1) is 0 Å². The minimum absolute atomic E-state index is 0.0480. The van der Waals surface area contributed by atoms with E-state index in [4.69, 9.17) is 0 Å². The van der Waals surface area contributed by atoms with E-state index in [2.05, 4.69) is 16.0 Å². The molecule has 1 aliphatic rings. The summed E-state index contributed by atoms with van der Waals surface area (Å²) in [6.07, 6.45) is 4.46. The average Bonchev–Trinajstić information content (AvgIpc) is 2.68. The van der Waals surface area contributed by atoms with Gasteiger partial charge in [0.15, 0.2) is 0 Å². The summed E-state index contributed by atoms with van der Waals surface area (Å²) in [7, 11) is 0. The van der Waals surface area contributed by atoms with Gasteiger partial charge >= 0.3 is 6.03 Å². The van der Waals surface area contributed by atoms with Crippen LogP contribution in [0.4, 0.5) is 4.79 Å². The first kappa shape index (κ1) is 11.8. The van der Waals surface area contributed by atoms with E-state index in [1.807, 2.05) is 6.92 Å². The Morgan fingerprint density at radius 1 is 1.20 bits per heavy atom. The molecule has 0 aliphatic heterocycles. The Bertz CT molecular complexity index is 225. The summed E-state index contributed by atoms with van der Waals surface area (Å²) in [5.74, 6) is -0.154. The molecular weight excluding hydrogens is 194 g/mol. The lowest BCUT2D eigenvalue weighted by Crippen LogP contribution is -2.45. The minimum atomic E-state index is -0.242. The maximum atomic E-state index is 11.3. The van der Waals surface area contributed by atoms with Gasteiger partial charge in [0, 0.05) is 12.6 Å². The van der Waals surface area contributed by atoms with E-state index in [0.717, 1.165) is 12.8 Å². The number of carbonyl (C=O) groups excluding carboxylic acids is 2. The first-order valence-corrected chi connectivity index (χ1v) is 5.53. The summed E-state index contributed by atoms with van der Waals surface area (Å²) in [6, 6.07) is 0.0485. The third-order valence-corrected chi connectivity index (χ3v) is 2.47. The highest BCUT2D eigenvalue weighted by atomic mass is 16.2. The van der Waals surface area contributed by atoms with Crippen LogP contribution in [-0.2, 0) is 4.79 Å². The topological polar surface area (TPSA) is 70.2 Å². The Morgan fingerprint density at radius 2 is 1.87 bits per heavy atom. The van der Waals surface area contributed by atoms with E-state index in [0.29, 0.717) is 12.6 Å². The van der Waals surface area contributed by atoms with Gasteiger partial charge in [0.1, 0.15) is 0 Å². The summed E-state index contributed by atoms with van der Waals surface area (Å²) < 4.78 is 0. The minimum Gasteiger partial charge on any atom is -0.355 e. The van der Waals surface area contributed by atoms with Crippen LogP contribution in [0.15, 0.2) is 0 Å². The number of amides is 3. The Morgan fingerprint density at radius 3 is 2.47 bits per heavy atom. The monoisotopic (exact) mass is 213 g/mol. The summed E-state index contributed by atoms with van der Waals surface area (Å²) in [5.41, 5.74) is 0. The second-order valence-corrected chi connectivity index (χ2v) is 3.76. The van der Waals surface area contributed by atoms with Crippen LogP contribution in [0.2, 0.25) is 0 Å². The van der Waals surface area contributed by atoms with E-state index >= 15 is 0 Å². The van der Waals surface area contributed by atoms with Crippen LogP contribution < -0.4 is 16.0 Å². The fourth-order valence-electron chi connectivity index (χ4n) is 1.73. The summed E-state index contributed by atoms with van der Waals surface area (Å²) in [5, 5.41) is 7.99. The number of likely N-dealkylation sites (N-methyl/N-ethyl adjacent to an activating group) is 1. The molecule has 5 nitrogen and oxygen atoms in total. The van der Waals surface area contributed by atoms with Crippen LogP contribution in [0.25, 0.3) is 0 Å². The van der Waals surface area contributed by atoms with E-state index < -0.39 is 0 Å². The van der Waals surface area contributed by atoms with Crippen molar-refractivity contribution in [2.45, 2.75) is 38.6 Å². The molecule has 0 aromatic rings. The fourth-order valence-corrected chi connectivity index (χ4v) is 1.73. The van der Waals surface area contributed by atoms with Gasteiger partial charge in [-0.1, -0.05) is 12.8 Å². The van der Waals surface area contributed by atoms with Crippen molar-refractivity contribution in [1.82, 2.24) is 16.0 Å². The van der Waals surface area contributed by atoms with Crippen molar-refractivity contribution in [3.05, 3.63) is 0 Å². The molecule has 0 aromatic carbocycles. The summed E-state index contributed by atoms with van der Waals surface area (Å²) >= 11 is 0. The molecule has 0 saturated heterocycles. The lowest BCUT2D eigenvalue weighted by atomic mass is 10.2. The van der Waals surface area contributed by atoms with Crippen LogP contribution in [0.5, 0.6) is 0 Å². The Kier molecular flexibility index (Phi) is 4.93. The molecule has 1 aliphatic carbocycles. The van der Waals surface area contributed by atoms with E-state index in [1.54, 1.807) is 0 Å². The molecule has 0 radical (unpaired) electrons. The summed E-state index contributed by atoms with van der Waals surface area (Å²) in [4.78, 5) is 22.3. The molecule has 3 N–H and O–H groups in total. The van der Waals surface area contributed by atoms with Gasteiger partial charge in [-0.25, -0.2) is 4.79 Å². The molecule has 5 heteroatoms. The van der Waals surface area contributed by atoms with Crippen molar-refractivity contribution < 1.29 is 9.59 Å². The van der Waals surface area contributed by atoms with Crippen LogP contribution >= 0.6 is 0 Å². The molecular formula is C10H19N3O2. The third-order valence-electron chi connectivity index (χ3n) is 2.47. The Balaban J connectivity index is 2.10. The summed E-state index contributed by atoms with van der Waals surface area (Å²) in [6.45, 7) is 2.48. The lowest BCUT2D eigenvalue weighted by molar-refractivity contribution is -0.119. The maximum Gasteiger partial charge on any atom is 0.315 e. The fraction of sp³-hybridized carbons (Fsp3) is 0.800. The highest BCUT2D eigenvalue weighted by molar-refractivity contribution is 5.83. The standard InChI is InChI=1S/C10H19N3O2/c1-2-11-9(14)7-12-10(15)13-8-5-3-4-6-8/h8H,2-7H2,1H3,(H,11,14)(H2,12,13,15). The molecule has 0 heterocycles. The number of hydrogen-bond donors (Lipinski definition) is 3. The van der Waals surface area contributed by atoms with E-state index in [-0.39, 0.29) is 18.5 Å². The van der Waals surface area contributed by atoms with Crippen LogP contribution in [0, 0.1) is 0 Å².